The van der Waals surface area contributed by atoms with Crippen LogP contribution in [0.4, 0.5) is 0 Å². The summed E-state index contributed by atoms with van der Waals surface area (Å²) in [6, 6.07) is 15.2. The van der Waals surface area contributed by atoms with Crippen molar-refractivity contribution >= 4 is 16.3 Å². The molecule has 1 fully saturated rings. The fourth-order valence-corrected chi connectivity index (χ4v) is 5.53. The molecule has 3 heterocycles. The van der Waals surface area contributed by atoms with E-state index in [9.17, 15) is 10.2 Å². The van der Waals surface area contributed by atoms with Gasteiger partial charge < -0.3 is 19.8 Å². The number of fused-ring (bicyclic) bond motifs is 1. The van der Waals surface area contributed by atoms with Crippen LogP contribution in [-0.4, -0.2) is 56.0 Å². The summed E-state index contributed by atoms with van der Waals surface area (Å²) in [6.07, 6.45) is 9.48. The lowest BCUT2D eigenvalue weighted by molar-refractivity contribution is -0.0424. The van der Waals surface area contributed by atoms with Gasteiger partial charge in [0.25, 0.3) is 0 Å². The van der Waals surface area contributed by atoms with Crippen molar-refractivity contribution in [1.29, 1.82) is 0 Å². The molecule has 0 radical (unpaired) electrons. The van der Waals surface area contributed by atoms with E-state index >= 15 is 0 Å². The van der Waals surface area contributed by atoms with Gasteiger partial charge >= 0.3 is 0 Å². The zero-order valence-corrected chi connectivity index (χ0v) is 21.4. The summed E-state index contributed by atoms with van der Waals surface area (Å²) in [6.45, 7) is 4.60. The van der Waals surface area contributed by atoms with E-state index in [0.29, 0.717) is 5.56 Å². The van der Waals surface area contributed by atoms with Crippen molar-refractivity contribution in [2.75, 3.05) is 26.2 Å². The van der Waals surface area contributed by atoms with Crippen LogP contribution < -0.4 is 4.74 Å². The lowest BCUT2D eigenvalue weighted by Gasteiger charge is -2.26. The maximum Gasteiger partial charge on any atom is 0.213 e. The molecule has 2 aromatic carbocycles. The summed E-state index contributed by atoms with van der Waals surface area (Å²) in [7, 11) is 0. The Morgan fingerprint density at radius 3 is 2.31 bits per heavy atom. The van der Waals surface area contributed by atoms with Gasteiger partial charge in [0.1, 0.15) is 10.8 Å². The second-order valence-electron chi connectivity index (χ2n) is 9.45. The molecule has 1 aliphatic rings. The third kappa shape index (κ3) is 6.31. The summed E-state index contributed by atoms with van der Waals surface area (Å²) >= 11 is 1.54. The van der Waals surface area contributed by atoms with E-state index in [1.165, 1.54) is 69.5 Å². The third-order valence-electron chi connectivity index (χ3n) is 6.74. The molecule has 36 heavy (non-hydrogen) atoms. The fourth-order valence-electron chi connectivity index (χ4n) is 4.64. The van der Waals surface area contributed by atoms with Crippen molar-refractivity contribution in [3.05, 3.63) is 60.3 Å². The van der Waals surface area contributed by atoms with Crippen LogP contribution in [0, 0.1) is 0 Å². The Morgan fingerprint density at radius 1 is 0.861 bits per heavy atom. The average molecular weight is 507 g/mol. The van der Waals surface area contributed by atoms with Gasteiger partial charge in [-0.25, -0.2) is 9.50 Å². The predicted molar refractivity (Wildman–Crippen MR) is 143 cm³/mol. The molecular formula is C28H34N4O3S. The molecule has 2 N–H and O–H groups in total. The van der Waals surface area contributed by atoms with Crippen molar-refractivity contribution in [3.8, 4) is 27.6 Å². The number of aliphatic hydroxyl groups excluding tert-OH is 1. The Balaban J connectivity index is 1.08. The minimum atomic E-state index is -1.47. The molecule has 5 rings (SSSR count). The minimum absolute atomic E-state index is 0.454. The Morgan fingerprint density at radius 2 is 1.58 bits per heavy atom. The van der Waals surface area contributed by atoms with E-state index in [1.54, 1.807) is 16.6 Å². The monoisotopic (exact) mass is 506 g/mol. The molecule has 1 saturated heterocycles. The number of rotatable bonds is 11. The topological polar surface area (TPSA) is 83.1 Å². The average Bonchev–Trinajstić information content (AvgIpc) is 3.49. The SMILES string of the molecule is OC(O)c1ccc(-c2cn3nc(-c4ccc(OCCCCCCN5CCCCC5)cc4)sc3n2)cc1. The Hall–Kier alpha value is -2.78. The summed E-state index contributed by atoms with van der Waals surface area (Å²) < 4.78 is 7.74. The van der Waals surface area contributed by atoms with Gasteiger partial charge in [0.2, 0.25) is 4.96 Å². The van der Waals surface area contributed by atoms with E-state index in [-0.39, 0.29) is 0 Å². The van der Waals surface area contributed by atoms with Crippen molar-refractivity contribution in [1.82, 2.24) is 19.5 Å². The molecule has 0 spiro atoms. The molecular weight excluding hydrogens is 472 g/mol. The van der Waals surface area contributed by atoms with Crippen molar-refractivity contribution in [2.45, 2.75) is 51.2 Å². The number of hydrogen-bond donors (Lipinski definition) is 2. The van der Waals surface area contributed by atoms with Crippen molar-refractivity contribution in [3.63, 3.8) is 0 Å². The highest BCUT2D eigenvalue weighted by Crippen LogP contribution is 2.29. The zero-order valence-electron chi connectivity index (χ0n) is 20.6. The highest BCUT2D eigenvalue weighted by molar-refractivity contribution is 7.19. The molecule has 0 aliphatic carbocycles. The highest BCUT2D eigenvalue weighted by Gasteiger charge is 2.12. The Bertz CT molecular complexity index is 1200. The van der Waals surface area contributed by atoms with Gasteiger partial charge in [-0.2, -0.15) is 5.10 Å². The molecule has 0 atom stereocenters. The molecule has 7 nitrogen and oxygen atoms in total. The number of nitrogens with zero attached hydrogens (tertiary/aromatic N) is 4. The van der Waals surface area contributed by atoms with Crippen LogP contribution in [0.3, 0.4) is 0 Å². The third-order valence-corrected chi connectivity index (χ3v) is 7.71. The first-order chi connectivity index (χ1) is 17.7. The van der Waals surface area contributed by atoms with E-state index in [2.05, 4.69) is 9.88 Å². The molecule has 190 valence electrons. The Labute approximate surface area is 216 Å². The van der Waals surface area contributed by atoms with Crippen LogP contribution >= 0.6 is 11.3 Å². The maximum atomic E-state index is 9.26. The van der Waals surface area contributed by atoms with Crippen LogP contribution in [-0.2, 0) is 0 Å². The smallest absolute Gasteiger partial charge is 0.213 e. The first-order valence-corrected chi connectivity index (χ1v) is 13.8. The van der Waals surface area contributed by atoms with Crippen LogP contribution in [0.25, 0.3) is 26.8 Å². The van der Waals surface area contributed by atoms with Gasteiger partial charge in [0, 0.05) is 16.7 Å². The molecule has 0 bridgehead atoms. The normalized spacial score (nSPS) is 14.6. The van der Waals surface area contributed by atoms with E-state index in [0.717, 1.165) is 45.6 Å². The number of likely N-dealkylation sites (tertiary alicyclic amines) is 1. The standard InChI is InChI=1S/C28H34N4O3S/c33-27(34)23-10-8-21(9-11-23)25-20-32-28(29-25)36-26(30-32)22-12-14-24(15-13-22)35-19-7-2-1-4-16-31-17-5-3-6-18-31/h8-15,20,27,33-34H,1-7,16-19H2. The van der Waals surface area contributed by atoms with Crippen molar-refractivity contribution in [2.24, 2.45) is 0 Å². The quantitative estimate of drug-likeness (QED) is 0.205. The molecule has 2 aromatic heterocycles. The molecule has 8 heteroatoms. The van der Waals surface area contributed by atoms with Gasteiger partial charge in [-0.05, 0) is 69.6 Å². The van der Waals surface area contributed by atoms with Crippen molar-refractivity contribution < 1.29 is 14.9 Å². The summed E-state index contributed by atoms with van der Waals surface area (Å²) in [5.41, 5.74) is 3.20. The Kier molecular flexibility index (Phi) is 8.28. The first-order valence-electron chi connectivity index (χ1n) is 12.9. The number of unbranched alkanes of at least 4 members (excludes halogenated alkanes) is 3. The number of aliphatic hydroxyl groups is 2. The second kappa shape index (κ2) is 12.0. The van der Waals surface area contributed by atoms with Gasteiger partial charge in [-0.1, -0.05) is 54.9 Å². The lowest BCUT2D eigenvalue weighted by atomic mass is 10.1. The number of piperidine rings is 1. The van der Waals surface area contributed by atoms with Gasteiger partial charge in [-0.15, -0.1) is 0 Å². The van der Waals surface area contributed by atoms with Crippen LogP contribution in [0.1, 0.15) is 56.8 Å². The van der Waals surface area contributed by atoms with E-state index in [1.807, 2.05) is 42.6 Å². The molecule has 0 amide bonds. The number of imidazole rings is 1. The van der Waals surface area contributed by atoms with Gasteiger partial charge in [0.15, 0.2) is 6.29 Å². The van der Waals surface area contributed by atoms with Crippen LogP contribution in [0.5, 0.6) is 5.75 Å². The molecule has 0 saturated carbocycles. The van der Waals surface area contributed by atoms with Gasteiger partial charge in [0.05, 0.1) is 18.5 Å². The molecule has 1 aliphatic heterocycles. The molecule has 0 unspecified atom stereocenters. The van der Waals surface area contributed by atoms with Crippen LogP contribution in [0.2, 0.25) is 0 Å². The van der Waals surface area contributed by atoms with E-state index < -0.39 is 6.29 Å². The lowest BCUT2D eigenvalue weighted by Crippen LogP contribution is -2.30. The van der Waals surface area contributed by atoms with Gasteiger partial charge in [-0.3, -0.25) is 0 Å². The largest absolute Gasteiger partial charge is 0.494 e. The summed E-state index contributed by atoms with van der Waals surface area (Å²) in [5.74, 6) is 0.895. The highest BCUT2D eigenvalue weighted by atomic mass is 32.1. The minimum Gasteiger partial charge on any atom is -0.494 e. The predicted octanol–water partition coefficient (Wildman–Crippen LogP) is 5.53. The summed E-state index contributed by atoms with van der Waals surface area (Å²) in [4.78, 5) is 8.11. The number of benzene rings is 2. The number of hydrogen-bond acceptors (Lipinski definition) is 7. The molecule has 4 aromatic rings. The first kappa shape index (κ1) is 24.9. The zero-order chi connectivity index (χ0) is 24.7. The second-order valence-corrected chi connectivity index (χ2v) is 10.4. The fraction of sp³-hybridized carbons (Fsp3) is 0.429. The van der Waals surface area contributed by atoms with Crippen LogP contribution in [0.15, 0.2) is 54.7 Å². The van der Waals surface area contributed by atoms with E-state index in [4.69, 9.17) is 9.84 Å². The number of ether oxygens (including phenoxy) is 1. The number of aromatic nitrogens is 3. The maximum absolute atomic E-state index is 9.26. The summed E-state index contributed by atoms with van der Waals surface area (Å²) in [5, 5.41) is 24.1.